The molecule has 0 bridgehead atoms. The molecule has 2 aromatic heterocycles. The number of aromatic amines is 1. The van der Waals surface area contributed by atoms with Crippen molar-refractivity contribution >= 4 is 21.9 Å². The standard InChI is InChI=1S/C15H15BrN6O2/c1-9(2)14-18-13(19-20-14)8-24-15(23)12-7-17-22(21-12)11-5-3-4-10(16)6-11/h3-7,9H,8H2,1-2H3,(H,18,19,20). The van der Waals surface area contributed by atoms with Gasteiger partial charge in [0.1, 0.15) is 0 Å². The lowest BCUT2D eigenvalue weighted by Crippen LogP contribution is -2.08. The van der Waals surface area contributed by atoms with Gasteiger partial charge < -0.3 is 4.74 Å². The maximum Gasteiger partial charge on any atom is 0.361 e. The highest BCUT2D eigenvalue weighted by atomic mass is 79.9. The van der Waals surface area contributed by atoms with Crippen LogP contribution in [0.2, 0.25) is 0 Å². The van der Waals surface area contributed by atoms with Gasteiger partial charge in [0.15, 0.2) is 23.9 Å². The van der Waals surface area contributed by atoms with E-state index in [9.17, 15) is 4.79 Å². The van der Waals surface area contributed by atoms with Crippen LogP contribution in [0, 0.1) is 0 Å². The molecule has 0 fully saturated rings. The first-order valence-electron chi connectivity index (χ1n) is 7.29. The molecule has 0 radical (unpaired) electrons. The smallest absolute Gasteiger partial charge is 0.361 e. The van der Waals surface area contributed by atoms with Crippen LogP contribution in [0.1, 0.15) is 41.9 Å². The summed E-state index contributed by atoms with van der Waals surface area (Å²) in [7, 11) is 0. The molecule has 0 unspecified atom stereocenters. The summed E-state index contributed by atoms with van der Waals surface area (Å²) in [4.78, 5) is 17.7. The third kappa shape index (κ3) is 3.67. The predicted molar refractivity (Wildman–Crippen MR) is 88.7 cm³/mol. The number of hydrogen-bond donors (Lipinski definition) is 1. The fourth-order valence-corrected chi connectivity index (χ4v) is 2.31. The van der Waals surface area contributed by atoms with Gasteiger partial charge in [0, 0.05) is 10.4 Å². The molecule has 3 aromatic rings. The summed E-state index contributed by atoms with van der Waals surface area (Å²) in [6.07, 6.45) is 1.36. The van der Waals surface area contributed by atoms with E-state index < -0.39 is 5.97 Å². The number of rotatable bonds is 5. The van der Waals surface area contributed by atoms with Gasteiger partial charge in [-0.1, -0.05) is 35.8 Å². The van der Waals surface area contributed by atoms with Crippen molar-refractivity contribution in [1.82, 2.24) is 30.2 Å². The molecule has 0 saturated heterocycles. The van der Waals surface area contributed by atoms with Crippen LogP contribution in [0.3, 0.4) is 0 Å². The molecule has 0 aliphatic heterocycles. The highest BCUT2D eigenvalue weighted by molar-refractivity contribution is 9.10. The number of H-pyrrole nitrogens is 1. The van der Waals surface area contributed by atoms with E-state index in [0.717, 1.165) is 10.2 Å². The maximum atomic E-state index is 12.1. The number of nitrogens with zero attached hydrogens (tertiary/aromatic N) is 5. The van der Waals surface area contributed by atoms with Crippen LogP contribution in [-0.2, 0) is 11.3 Å². The topological polar surface area (TPSA) is 98.6 Å². The Bertz CT molecular complexity index is 857. The van der Waals surface area contributed by atoms with E-state index >= 15 is 0 Å². The Morgan fingerprint density at radius 1 is 1.42 bits per heavy atom. The van der Waals surface area contributed by atoms with Crippen LogP contribution in [0.4, 0.5) is 0 Å². The molecular formula is C15H15BrN6O2. The molecular weight excluding hydrogens is 376 g/mol. The molecule has 9 heteroatoms. The quantitative estimate of drug-likeness (QED) is 0.672. The van der Waals surface area contributed by atoms with Crippen molar-refractivity contribution < 1.29 is 9.53 Å². The third-order valence-electron chi connectivity index (χ3n) is 3.15. The van der Waals surface area contributed by atoms with Crippen molar-refractivity contribution in [1.29, 1.82) is 0 Å². The lowest BCUT2D eigenvalue weighted by atomic mass is 10.2. The molecule has 1 aromatic carbocycles. The second-order valence-corrected chi connectivity index (χ2v) is 6.29. The molecule has 0 saturated carbocycles. The maximum absolute atomic E-state index is 12.1. The summed E-state index contributed by atoms with van der Waals surface area (Å²) in [5.41, 5.74) is 0.860. The zero-order valence-corrected chi connectivity index (χ0v) is 14.7. The molecule has 124 valence electrons. The van der Waals surface area contributed by atoms with Crippen molar-refractivity contribution in [2.45, 2.75) is 26.4 Å². The van der Waals surface area contributed by atoms with Gasteiger partial charge in [-0.15, -0.1) is 5.10 Å². The minimum absolute atomic E-state index is 0.00228. The highest BCUT2D eigenvalue weighted by Gasteiger charge is 2.15. The fraction of sp³-hybridized carbons (Fsp3) is 0.267. The zero-order valence-electron chi connectivity index (χ0n) is 13.1. The second kappa shape index (κ2) is 6.91. The minimum Gasteiger partial charge on any atom is -0.453 e. The molecule has 0 aliphatic rings. The predicted octanol–water partition coefficient (Wildman–Crippen LogP) is 2.63. The Kier molecular flexibility index (Phi) is 4.70. The minimum atomic E-state index is -0.571. The van der Waals surface area contributed by atoms with Gasteiger partial charge in [-0.3, -0.25) is 5.10 Å². The Balaban J connectivity index is 1.65. The number of carbonyl (C=O) groups is 1. The number of halogens is 1. The van der Waals surface area contributed by atoms with Crippen molar-refractivity contribution in [3.05, 3.63) is 52.3 Å². The van der Waals surface area contributed by atoms with E-state index in [4.69, 9.17) is 4.74 Å². The molecule has 0 amide bonds. The van der Waals surface area contributed by atoms with Crippen molar-refractivity contribution in [3.63, 3.8) is 0 Å². The van der Waals surface area contributed by atoms with E-state index in [1.165, 1.54) is 11.0 Å². The monoisotopic (exact) mass is 390 g/mol. The number of nitrogens with one attached hydrogen (secondary N) is 1. The van der Waals surface area contributed by atoms with E-state index in [1.807, 2.05) is 38.1 Å². The van der Waals surface area contributed by atoms with E-state index in [-0.39, 0.29) is 18.2 Å². The largest absolute Gasteiger partial charge is 0.453 e. The number of ether oxygens (including phenoxy) is 1. The second-order valence-electron chi connectivity index (χ2n) is 5.37. The molecule has 1 N–H and O–H groups in total. The van der Waals surface area contributed by atoms with Gasteiger partial charge in [-0.2, -0.15) is 15.0 Å². The molecule has 8 nitrogen and oxygen atoms in total. The van der Waals surface area contributed by atoms with Crippen LogP contribution in [-0.4, -0.2) is 36.1 Å². The third-order valence-corrected chi connectivity index (χ3v) is 3.64. The summed E-state index contributed by atoms with van der Waals surface area (Å²) in [5, 5.41) is 15.0. The zero-order chi connectivity index (χ0) is 17.1. The number of benzene rings is 1. The van der Waals surface area contributed by atoms with Gasteiger partial charge in [-0.25, -0.2) is 9.78 Å². The molecule has 0 aliphatic carbocycles. The van der Waals surface area contributed by atoms with Crippen molar-refractivity contribution in [2.24, 2.45) is 0 Å². The van der Waals surface area contributed by atoms with Gasteiger partial charge in [-0.05, 0) is 18.2 Å². The van der Waals surface area contributed by atoms with Crippen LogP contribution >= 0.6 is 15.9 Å². The number of esters is 1. The number of hydrogen-bond acceptors (Lipinski definition) is 6. The summed E-state index contributed by atoms with van der Waals surface area (Å²) in [6.45, 7) is 3.97. The summed E-state index contributed by atoms with van der Waals surface area (Å²) in [5.74, 6) is 0.808. The molecule has 2 heterocycles. The molecule has 3 rings (SSSR count). The van der Waals surface area contributed by atoms with Crippen LogP contribution in [0.25, 0.3) is 5.69 Å². The lowest BCUT2D eigenvalue weighted by molar-refractivity contribution is 0.0455. The van der Waals surface area contributed by atoms with Crippen molar-refractivity contribution in [2.75, 3.05) is 0 Å². The van der Waals surface area contributed by atoms with Gasteiger partial charge in [0.25, 0.3) is 0 Å². The summed E-state index contributed by atoms with van der Waals surface area (Å²) >= 11 is 3.38. The highest BCUT2D eigenvalue weighted by Crippen LogP contribution is 2.14. The average Bonchev–Trinajstić information content (AvgIpc) is 3.22. The first kappa shape index (κ1) is 16.3. The van der Waals surface area contributed by atoms with E-state index in [2.05, 4.69) is 41.3 Å². The van der Waals surface area contributed by atoms with Crippen LogP contribution in [0.5, 0.6) is 0 Å². The molecule has 24 heavy (non-hydrogen) atoms. The first-order chi connectivity index (χ1) is 11.5. The van der Waals surface area contributed by atoms with E-state index in [1.54, 1.807) is 0 Å². The SMILES string of the molecule is CC(C)c1n[nH]c(COC(=O)c2cnn(-c3cccc(Br)c3)n2)n1. The number of aromatic nitrogens is 6. The Morgan fingerprint density at radius 3 is 2.96 bits per heavy atom. The normalized spacial score (nSPS) is 11.0. The summed E-state index contributed by atoms with van der Waals surface area (Å²) < 4.78 is 6.08. The van der Waals surface area contributed by atoms with Gasteiger partial charge >= 0.3 is 5.97 Å². The lowest BCUT2D eigenvalue weighted by Gasteiger charge is -2.00. The Hall–Kier alpha value is -2.55. The molecule has 0 spiro atoms. The van der Waals surface area contributed by atoms with Gasteiger partial charge in [0.05, 0.1) is 11.9 Å². The number of carbonyl (C=O) groups excluding carboxylic acids is 1. The van der Waals surface area contributed by atoms with E-state index in [0.29, 0.717) is 11.6 Å². The van der Waals surface area contributed by atoms with Crippen LogP contribution in [0.15, 0.2) is 34.9 Å². The van der Waals surface area contributed by atoms with Crippen LogP contribution < -0.4 is 0 Å². The Morgan fingerprint density at radius 2 is 2.25 bits per heavy atom. The first-order valence-corrected chi connectivity index (χ1v) is 8.09. The molecule has 0 atom stereocenters. The average molecular weight is 391 g/mol. The summed E-state index contributed by atoms with van der Waals surface area (Å²) in [6, 6.07) is 7.43. The van der Waals surface area contributed by atoms with Crippen molar-refractivity contribution in [3.8, 4) is 5.69 Å². The van der Waals surface area contributed by atoms with Gasteiger partial charge in [0.2, 0.25) is 0 Å². The Labute approximate surface area is 146 Å². The fourth-order valence-electron chi connectivity index (χ4n) is 1.92.